The fourth-order valence-corrected chi connectivity index (χ4v) is 0.869. The van der Waals surface area contributed by atoms with E-state index in [0.717, 1.165) is 0 Å². The molecule has 0 heterocycles. The van der Waals surface area contributed by atoms with Crippen LogP contribution >= 0.6 is 0 Å². The van der Waals surface area contributed by atoms with Crippen LogP contribution in [-0.2, 0) is 4.79 Å². The van der Waals surface area contributed by atoms with Gasteiger partial charge in [-0.1, -0.05) is 0 Å². The van der Waals surface area contributed by atoms with Gasteiger partial charge in [-0.25, -0.2) is 0 Å². The summed E-state index contributed by atoms with van der Waals surface area (Å²) < 4.78 is 0. The minimum Gasteiger partial charge on any atom is -0.299 e. The molecule has 0 N–H and O–H groups in total. The van der Waals surface area contributed by atoms with Crippen molar-refractivity contribution in [2.24, 2.45) is 0 Å². The highest BCUT2D eigenvalue weighted by atomic mass is 16.1. The summed E-state index contributed by atoms with van der Waals surface area (Å²) in [7, 11) is 5.98. The minimum absolute atomic E-state index is 0.0638. The van der Waals surface area contributed by atoms with E-state index in [2.05, 4.69) is 18.7 Å². The number of likely N-dealkylation sites (N-methyl/N-ethyl adjacent to an activating group) is 1. The van der Waals surface area contributed by atoms with E-state index in [4.69, 9.17) is 0 Å². The zero-order valence-electron chi connectivity index (χ0n) is 9.01. The van der Waals surface area contributed by atoms with Crippen molar-refractivity contribution in [1.29, 1.82) is 0 Å². The molecule has 0 aliphatic carbocycles. The van der Waals surface area contributed by atoms with E-state index in [-0.39, 0.29) is 11.4 Å². The summed E-state index contributed by atoms with van der Waals surface area (Å²) in [6.45, 7) is 6.30. The summed E-state index contributed by atoms with van der Waals surface area (Å²) in [5.41, 5.74) is -0.0638. The van der Waals surface area contributed by atoms with E-state index in [1.165, 1.54) is 0 Å². The Kier molecular flexibility index (Phi) is 3.87. The van der Waals surface area contributed by atoms with Gasteiger partial charge in [0.25, 0.3) is 0 Å². The first-order valence-corrected chi connectivity index (χ1v) is 4.16. The second-order valence-corrected chi connectivity index (χ2v) is 3.95. The molecule has 72 valence electrons. The first-order valence-electron chi connectivity index (χ1n) is 4.16. The van der Waals surface area contributed by atoms with Crippen molar-refractivity contribution in [2.45, 2.75) is 26.4 Å². The standard InChI is InChI=1S/C9H20N2O/c1-8(12)7-11(6)9(2,3)10(4)5/h7H2,1-6H3. The number of hydrogen-bond donors (Lipinski definition) is 0. The maximum absolute atomic E-state index is 10.9. The van der Waals surface area contributed by atoms with Crippen LogP contribution in [0.1, 0.15) is 20.8 Å². The lowest BCUT2D eigenvalue weighted by atomic mass is 10.2. The second-order valence-electron chi connectivity index (χ2n) is 3.95. The fourth-order valence-electron chi connectivity index (χ4n) is 0.869. The molecule has 0 aromatic rings. The average molecular weight is 172 g/mol. The van der Waals surface area contributed by atoms with Crippen LogP contribution in [0.5, 0.6) is 0 Å². The number of ketones is 1. The van der Waals surface area contributed by atoms with Gasteiger partial charge in [0.15, 0.2) is 0 Å². The number of nitrogens with zero attached hydrogens (tertiary/aromatic N) is 2. The van der Waals surface area contributed by atoms with Crippen LogP contribution in [0.25, 0.3) is 0 Å². The predicted molar refractivity (Wildman–Crippen MR) is 51.1 cm³/mol. The van der Waals surface area contributed by atoms with Crippen molar-refractivity contribution < 1.29 is 4.79 Å². The summed E-state index contributed by atoms with van der Waals surface area (Å²) >= 11 is 0. The molecule has 0 aromatic heterocycles. The Balaban J connectivity index is 4.24. The van der Waals surface area contributed by atoms with E-state index >= 15 is 0 Å². The summed E-state index contributed by atoms with van der Waals surface area (Å²) in [5.74, 6) is 0.201. The molecule has 0 saturated heterocycles. The van der Waals surface area contributed by atoms with Crippen molar-refractivity contribution >= 4 is 5.78 Å². The SMILES string of the molecule is CC(=O)CN(C)C(C)(C)N(C)C. The Hall–Kier alpha value is -0.410. The van der Waals surface area contributed by atoms with Crippen LogP contribution in [0.3, 0.4) is 0 Å². The van der Waals surface area contributed by atoms with Gasteiger partial charge >= 0.3 is 0 Å². The highest BCUT2D eigenvalue weighted by molar-refractivity contribution is 5.77. The van der Waals surface area contributed by atoms with Gasteiger partial charge in [0.2, 0.25) is 0 Å². The molecule has 0 spiro atoms. The van der Waals surface area contributed by atoms with Crippen molar-refractivity contribution in [2.75, 3.05) is 27.7 Å². The number of rotatable bonds is 4. The molecule has 0 aromatic carbocycles. The molecule has 0 unspecified atom stereocenters. The van der Waals surface area contributed by atoms with Gasteiger partial charge in [0, 0.05) is 0 Å². The minimum atomic E-state index is -0.0638. The van der Waals surface area contributed by atoms with Crippen LogP contribution in [0.2, 0.25) is 0 Å². The van der Waals surface area contributed by atoms with Gasteiger partial charge < -0.3 is 0 Å². The number of carbonyl (C=O) groups excluding carboxylic acids is 1. The Morgan fingerprint density at radius 3 is 1.92 bits per heavy atom. The molecule has 0 fully saturated rings. The van der Waals surface area contributed by atoms with Gasteiger partial charge in [0.1, 0.15) is 5.78 Å². The molecule has 12 heavy (non-hydrogen) atoms. The molecular formula is C9H20N2O. The number of Topliss-reactive ketones (excluding diaryl/α,β-unsaturated/α-hetero) is 1. The topological polar surface area (TPSA) is 23.6 Å². The molecule has 0 atom stereocenters. The third kappa shape index (κ3) is 2.91. The summed E-state index contributed by atoms with van der Waals surface area (Å²) in [6, 6.07) is 0. The zero-order chi connectivity index (χ0) is 9.94. The molecule has 3 nitrogen and oxygen atoms in total. The normalized spacial score (nSPS) is 12.7. The molecule has 0 saturated carbocycles. The largest absolute Gasteiger partial charge is 0.299 e. The van der Waals surface area contributed by atoms with Crippen molar-refractivity contribution in [3.63, 3.8) is 0 Å². The quantitative estimate of drug-likeness (QED) is 0.586. The van der Waals surface area contributed by atoms with Crippen LogP contribution in [-0.4, -0.2) is 48.9 Å². The second kappa shape index (κ2) is 4.01. The van der Waals surface area contributed by atoms with Crippen molar-refractivity contribution in [3.8, 4) is 0 Å². The maximum atomic E-state index is 10.9. The zero-order valence-corrected chi connectivity index (χ0v) is 9.01. The third-order valence-corrected chi connectivity index (χ3v) is 2.49. The molecule has 0 radical (unpaired) electrons. The number of carbonyl (C=O) groups is 1. The van der Waals surface area contributed by atoms with Gasteiger partial charge in [-0.05, 0) is 41.9 Å². The molecule has 0 amide bonds. The van der Waals surface area contributed by atoms with Crippen molar-refractivity contribution in [1.82, 2.24) is 9.80 Å². The Morgan fingerprint density at radius 2 is 1.67 bits per heavy atom. The van der Waals surface area contributed by atoms with Gasteiger partial charge in [-0.2, -0.15) is 0 Å². The summed E-state index contributed by atoms with van der Waals surface area (Å²) in [6.07, 6.45) is 0. The highest BCUT2D eigenvalue weighted by Crippen LogP contribution is 2.13. The third-order valence-electron chi connectivity index (χ3n) is 2.49. The lowest BCUT2D eigenvalue weighted by Crippen LogP contribution is -2.53. The predicted octanol–water partition coefficient (Wildman–Crippen LogP) is 0.805. The van der Waals surface area contributed by atoms with Gasteiger partial charge in [-0.15, -0.1) is 0 Å². The average Bonchev–Trinajstić information content (AvgIpc) is 1.85. The van der Waals surface area contributed by atoms with E-state index in [1.54, 1.807) is 6.92 Å². The molecular weight excluding hydrogens is 152 g/mol. The van der Waals surface area contributed by atoms with Crippen LogP contribution in [0.4, 0.5) is 0 Å². The van der Waals surface area contributed by atoms with Crippen molar-refractivity contribution in [3.05, 3.63) is 0 Å². The highest BCUT2D eigenvalue weighted by Gasteiger charge is 2.25. The molecule has 0 aliphatic rings. The van der Waals surface area contributed by atoms with E-state index in [1.807, 2.05) is 26.0 Å². The smallest absolute Gasteiger partial charge is 0.143 e. The molecule has 0 rings (SSSR count). The Morgan fingerprint density at radius 1 is 1.25 bits per heavy atom. The summed E-state index contributed by atoms with van der Waals surface area (Å²) in [4.78, 5) is 15.0. The Bertz CT molecular complexity index is 164. The lowest BCUT2D eigenvalue weighted by molar-refractivity contribution is -0.120. The van der Waals surface area contributed by atoms with Crippen LogP contribution in [0, 0.1) is 0 Å². The fraction of sp³-hybridized carbons (Fsp3) is 0.889. The Labute approximate surface area is 75.3 Å². The van der Waals surface area contributed by atoms with Crippen LogP contribution < -0.4 is 0 Å². The number of hydrogen-bond acceptors (Lipinski definition) is 3. The monoisotopic (exact) mass is 172 g/mol. The molecule has 0 bridgehead atoms. The lowest BCUT2D eigenvalue weighted by Gasteiger charge is -2.40. The molecule has 0 aliphatic heterocycles. The van der Waals surface area contributed by atoms with E-state index in [9.17, 15) is 4.79 Å². The van der Waals surface area contributed by atoms with Gasteiger partial charge in [0.05, 0.1) is 12.2 Å². The summed E-state index contributed by atoms with van der Waals surface area (Å²) in [5, 5.41) is 0. The molecule has 3 heteroatoms. The van der Waals surface area contributed by atoms with Gasteiger partial charge in [-0.3, -0.25) is 14.6 Å². The van der Waals surface area contributed by atoms with Crippen LogP contribution in [0.15, 0.2) is 0 Å². The van der Waals surface area contributed by atoms with E-state index in [0.29, 0.717) is 6.54 Å². The maximum Gasteiger partial charge on any atom is 0.143 e. The van der Waals surface area contributed by atoms with E-state index < -0.39 is 0 Å². The first-order chi connectivity index (χ1) is 5.28. The first kappa shape index (κ1) is 11.6.